The van der Waals surface area contributed by atoms with E-state index >= 15 is 0 Å². The molecule has 0 aromatic heterocycles. The quantitative estimate of drug-likeness (QED) is 0.420. The Morgan fingerprint density at radius 2 is 1.62 bits per heavy atom. The Morgan fingerprint density at radius 1 is 0.971 bits per heavy atom. The Hall–Kier alpha value is -3.34. The molecular weight excluding hydrogens is 463 g/mol. The van der Waals surface area contributed by atoms with E-state index in [0.29, 0.717) is 35.9 Å². The molecular formula is C26H23ClF3N3O. The van der Waals surface area contributed by atoms with Crippen molar-refractivity contribution in [2.45, 2.75) is 38.1 Å². The molecule has 1 fully saturated rings. The van der Waals surface area contributed by atoms with E-state index in [1.165, 1.54) is 12.1 Å². The van der Waals surface area contributed by atoms with Crippen molar-refractivity contribution in [3.63, 3.8) is 0 Å². The maximum absolute atomic E-state index is 12.8. The van der Waals surface area contributed by atoms with Crippen LogP contribution >= 0.6 is 12.4 Å². The van der Waals surface area contributed by atoms with Crippen LogP contribution in [0.25, 0.3) is 0 Å². The number of halogens is 4. The van der Waals surface area contributed by atoms with Crippen LogP contribution in [0.4, 0.5) is 18.9 Å². The van der Waals surface area contributed by atoms with Gasteiger partial charge in [-0.05, 0) is 72.5 Å². The molecule has 4 rings (SSSR count). The molecule has 176 valence electrons. The highest BCUT2D eigenvalue weighted by atomic mass is 35.5. The number of benzene rings is 3. The van der Waals surface area contributed by atoms with Crippen LogP contribution in [0, 0.1) is 11.3 Å². The minimum absolute atomic E-state index is 0. The molecule has 8 heteroatoms. The van der Waals surface area contributed by atoms with Gasteiger partial charge in [0.2, 0.25) is 0 Å². The number of hydrogen-bond acceptors (Lipinski definition) is 3. The molecule has 1 aliphatic rings. The fourth-order valence-electron chi connectivity index (χ4n) is 3.66. The molecule has 0 heterocycles. The number of carbonyl (C=O) groups is 1. The molecule has 1 amide bonds. The van der Waals surface area contributed by atoms with E-state index in [9.17, 15) is 18.0 Å². The summed E-state index contributed by atoms with van der Waals surface area (Å²) in [6, 6.07) is 21.7. The number of rotatable bonds is 7. The van der Waals surface area contributed by atoms with Crippen molar-refractivity contribution >= 4 is 24.0 Å². The summed E-state index contributed by atoms with van der Waals surface area (Å²) in [5.74, 6) is -0.248. The number of nitrogens with one attached hydrogen (secondary N) is 1. The van der Waals surface area contributed by atoms with Crippen LogP contribution in [0.1, 0.15) is 45.5 Å². The van der Waals surface area contributed by atoms with E-state index in [0.717, 1.165) is 36.1 Å². The lowest BCUT2D eigenvalue weighted by atomic mass is 10.1. The van der Waals surface area contributed by atoms with E-state index in [-0.39, 0.29) is 18.3 Å². The summed E-state index contributed by atoms with van der Waals surface area (Å²) in [6.45, 7) is 1.15. The van der Waals surface area contributed by atoms with Crippen LogP contribution in [0.15, 0.2) is 72.8 Å². The normalized spacial score (nSPS) is 13.1. The molecule has 0 bridgehead atoms. The van der Waals surface area contributed by atoms with Crippen molar-refractivity contribution in [3.8, 4) is 6.07 Å². The molecule has 3 aromatic rings. The second kappa shape index (κ2) is 10.7. The van der Waals surface area contributed by atoms with Crippen molar-refractivity contribution < 1.29 is 18.0 Å². The maximum Gasteiger partial charge on any atom is 0.416 e. The van der Waals surface area contributed by atoms with Gasteiger partial charge >= 0.3 is 6.18 Å². The topological polar surface area (TPSA) is 56.1 Å². The molecule has 0 spiro atoms. The molecule has 0 atom stereocenters. The first kappa shape index (κ1) is 25.3. The van der Waals surface area contributed by atoms with Gasteiger partial charge in [0.1, 0.15) is 0 Å². The first-order valence-electron chi connectivity index (χ1n) is 10.6. The molecule has 1 N–H and O–H groups in total. The summed E-state index contributed by atoms with van der Waals surface area (Å²) < 4.78 is 38.5. The largest absolute Gasteiger partial charge is 0.416 e. The molecule has 1 saturated carbocycles. The predicted octanol–water partition coefficient (Wildman–Crippen LogP) is 6.42. The highest BCUT2D eigenvalue weighted by Gasteiger charge is 2.31. The van der Waals surface area contributed by atoms with Crippen LogP contribution in [0.3, 0.4) is 0 Å². The van der Waals surface area contributed by atoms with Gasteiger partial charge in [-0.15, -0.1) is 12.4 Å². The van der Waals surface area contributed by atoms with Gasteiger partial charge in [-0.1, -0.05) is 24.3 Å². The number of alkyl halides is 3. The molecule has 0 radical (unpaired) electrons. The van der Waals surface area contributed by atoms with Gasteiger partial charge in [0.25, 0.3) is 5.91 Å². The summed E-state index contributed by atoms with van der Waals surface area (Å²) in [4.78, 5) is 14.9. The Labute approximate surface area is 202 Å². The SMILES string of the molecule is Cl.N#Cc1ccc(NC(=O)c2cccc(CN(Cc3ccc(C(F)(F)F)cc3)C3CC3)c2)cc1. The zero-order valence-corrected chi connectivity index (χ0v) is 19.0. The minimum atomic E-state index is -4.34. The van der Waals surface area contributed by atoms with Crippen molar-refractivity contribution in [3.05, 3.63) is 101 Å². The Morgan fingerprint density at radius 3 is 2.21 bits per heavy atom. The second-order valence-corrected chi connectivity index (χ2v) is 8.17. The zero-order chi connectivity index (χ0) is 23.4. The van der Waals surface area contributed by atoms with Crippen molar-refractivity contribution in [1.29, 1.82) is 5.26 Å². The summed E-state index contributed by atoms with van der Waals surface area (Å²) in [5.41, 5.74) is 2.77. The van der Waals surface area contributed by atoms with Gasteiger partial charge in [0.15, 0.2) is 0 Å². The standard InChI is InChI=1S/C26H22F3N3O.ClH/c27-26(28,29)22-8-4-19(5-9-22)16-32(24-12-13-24)17-20-2-1-3-21(14-20)25(33)31-23-10-6-18(15-30)7-11-23;/h1-11,14,24H,12-13,16-17H2,(H,31,33);1H. The van der Waals surface area contributed by atoms with Gasteiger partial charge in [0.05, 0.1) is 17.2 Å². The smallest absolute Gasteiger partial charge is 0.322 e. The molecule has 1 aliphatic carbocycles. The molecule has 3 aromatic carbocycles. The third-order valence-corrected chi connectivity index (χ3v) is 5.58. The van der Waals surface area contributed by atoms with Gasteiger partial charge in [-0.2, -0.15) is 18.4 Å². The Kier molecular flexibility index (Phi) is 7.98. The highest BCUT2D eigenvalue weighted by Crippen LogP contribution is 2.32. The van der Waals surface area contributed by atoms with Crippen LogP contribution in [0.2, 0.25) is 0 Å². The van der Waals surface area contributed by atoms with Crippen molar-refractivity contribution in [2.24, 2.45) is 0 Å². The lowest BCUT2D eigenvalue weighted by Crippen LogP contribution is -2.25. The monoisotopic (exact) mass is 485 g/mol. The Bertz CT molecular complexity index is 1170. The van der Waals surface area contributed by atoms with E-state index in [1.807, 2.05) is 24.3 Å². The number of anilines is 1. The lowest BCUT2D eigenvalue weighted by Gasteiger charge is -2.23. The maximum atomic E-state index is 12.8. The number of hydrogen-bond donors (Lipinski definition) is 1. The number of nitrogens with zero attached hydrogens (tertiary/aromatic N) is 2. The van der Waals surface area contributed by atoms with Crippen molar-refractivity contribution in [1.82, 2.24) is 4.90 Å². The molecule has 0 unspecified atom stereocenters. The van der Waals surface area contributed by atoms with E-state index < -0.39 is 11.7 Å². The average Bonchev–Trinajstić information content (AvgIpc) is 3.65. The first-order chi connectivity index (χ1) is 15.8. The van der Waals surface area contributed by atoms with Crippen LogP contribution in [-0.2, 0) is 19.3 Å². The van der Waals surface area contributed by atoms with Gasteiger partial charge in [-0.25, -0.2) is 0 Å². The van der Waals surface area contributed by atoms with Crippen LogP contribution in [-0.4, -0.2) is 16.8 Å². The molecule has 34 heavy (non-hydrogen) atoms. The van der Waals surface area contributed by atoms with Crippen LogP contribution in [0.5, 0.6) is 0 Å². The molecule has 0 aliphatic heterocycles. The van der Waals surface area contributed by atoms with E-state index in [2.05, 4.69) is 10.2 Å². The third kappa shape index (κ3) is 6.60. The van der Waals surface area contributed by atoms with Gasteiger partial charge in [0, 0.05) is 30.4 Å². The van der Waals surface area contributed by atoms with Gasteiger partial charge in [-0.3, -0.25) is 9.69 Å². The van der Waals surface area contributed by atoms with Crippen molar-refractivity contribution in [2.75, 3.05) is 5.32 Å². The average molecular weight is 486 g/mol. The van der Waals surface area contributed by atoms with E-state index in [1.54, 1.807) is 30.3 Å². The predicted molar refractivity (Wildman–Crippen MR) is 127 cm³/mol. The number of nitriles is 1. The summed E-state index contributed by atoms with van der Waals surface area (Å²) in [5, 5.41) is 11.7. The number of carbonyl (C=O) groups excluding carboxylic acids is 1. The highest BCUT2D eigenvalue weighted by molar-refractivity contribution is 6.04. The first-order valence-corrected chi connectivity index (χ1v) is 10.6. The van der Waals surface area contributed by atoms with Crippen LogP contribution < -0.4 is 5.32 Å². The summed E-state index contributed by atoms with van der Waals surface area (Å²) in [7, 11) is 0. The van der Waals surface area contributed by atoms with Gasteiger partial charge < -0.3 is 5.32 Å². The minimum Gasteiger partial charge on any atom is -0.322 e. The fraction of sp³-hybridized carbons (Fsp3) is 0.231. The second-order valence-electron chi connectivity index (χ2n) is 8.17. The Balaban J connectivity index is 0.00000324. The molecule has 4 nitrogen and oxygen atoms in total. The lowest BCUT2D eigenvalue weighted by molar-refractivity contribution is -0.137. The summed E-state index contributed by atoms with van der Waals surface area (Å²) in [6.07, 6.45) is -2.23. The fourth-order valence-corrected chi connectivity index (χ4v) is 3.66. The zero-order valence-electron chi connectivity index (χ0n) is 18.2. The summed E-state index contributed by atoms with van der Waals surface area (Å²) >= 11 is 0. The van der Waals surface area contributed by atoms with E-state index in [4.69, 9.17) is 5.26 Å². The molecule has 0 saturated heterocycles. The number of amides is 1. The third-order valence-electron chi connectivity index (χ3n) is 5.58.